The Labute approximate surface area is 92.8 Å². The molecular formula is C10H15N3O3. The highest BCUT2D eigenvalue weighted by Crippen LogP contribution is 2.02. The third-order valence-electron chi connectivity index (χ3n) is 2.00. The van der Waals surface area contributed by atoms with E-state index in [1.54, 1.807) is 0 Å². The van der Waals surface area contributed by atoms with Crippen LogP contribution in [0, 0.1) is 0 Å². The summed E-state index contributed by atoms with van der Waals surface area (Å²) in [6.07, 6.45) is 4.36. The quantitative estimate of drug-likeness (QED) is 0.686. The number of rotatable bonds is 6. The molecule has 88 valence electrons. The van der Waals surface area contributed by atoms with Crippen LogP contribution in [0.5, 0.6) is 5.88 Å². The first-order valence-electron chi connectivity index (χ1n) is 5.17. The number of amides is 1. The summed E-state index contributed by atoms with van der Waals surface area (Å²) in [6, 6.07) is 0. The summed E-state index contributed by atoms with van der Waals surface area (Å²) >= 11 is 0. The first-order valence-corrected chi connectivity index (χ1v) is 5.17. The van der Waals surface area contributed by atoms with E-state index in [0.717, 1.165) is 19.3 Å². The number of hydrogen-bond donors (Lipinski definition) is 2. The Morgan fingerprint density at radius 3 is 2.88 bits per heavy atom. The molecule has 0 aliphatic heterocycles. The van der Waals surface area contributed by atoms with Crippen LogP contribution in [0.2, 0.25) is 0 Å². The summed E-state index contributed by atoms with van der Waals surface area (Å²) in [5.74, 6) is -0.593. The Balaban J connectivity index is 2.60. The van der Waals surface area contributed by atoms with Gasteiger partial charge in [-0.05, 0) is 6.42 Å². The van der Waals surface area contributed by atoms with Crippen LogP contribution in [0.3, 0.4) is 0 Å². The van der Waals surface area contributed by atoms with Crippen molar-refractivity contribution in [3.8, 4) is 5.88 Å². The van der Waals surface area contributed by atoms with Crippen molar-refractivity contribution < 1.29 is 9.53 Å². The summed E-state index contributed by atoms with van der Waals surface area (Å²) in [5, 5.41) is 0. The smallest absolute Gasteiger partial charge is 0.282 e. The van der Waals surface area contributed by atoms with Crippen LogP contribution >= 0.6 is 0 Å². The van der Waals surface area contributed by atoms with E-state index >= 15 is 0 Å². The average Bonchev–Trinajstić information content (AvgIpc) is 2.24. The molecule has 1 amide bonds. The molecule has 0 saturated carbocycles. The zero-order valence-corrected chi connectivity index (χ0v) is 9.16. The highest BCUT2D eigenvalue weighted by Gasteiger charge is 2.08. The summed E-state index contributed by atoms with van der Waals surface area (Å²) in [7, 11) is 0. The number of carbonyl (C=O) groups excluding carboxylic acids is 1. The van der Waals surface area contributed by atoms with Crippen molar-refractivity contribution in [3.05, 3.63) is 22.2 Å². The van der Waals surface area contributed by atoms with Crippen LogP contribution in [0.1, 0.15) is 36.7 Å². The molecule has 0 bridgehead atoms. The maximum absolute atomic E-state index is 11.3. The fraction of sp³-hybridized carbons (Fsp3) is 0.500. The van der Waals surface area contributed by atoms with Crippen molar-refractivity contribution >= 4 is 5.91 Å². The zero-order valence-electron chi connectivity index (χ0n) is 9.16. The predicted molar refractivity (Wildman–Crippen MR) is 58.4 cm³/mol. The minimum Gasteiger partial charge on any atom is -0.478 e. The lowest BCUT2D eigenvalue weighted by Crippen LogP contribution is -2.25. The summed E-state index contributed by atoms with van der Waals surface area (Å²) in [4.78, 5) is 28.0. The SMILES string of the molecule is CCCCCOc1cnc(C(N)=O)c(=O)[nH]1. The van der Waals surface area contributed by atoms with E-state index in [-0.39, 0.29) is 11.6 Å². The van der Waals surface area contributed by atoms with E-state index in [1.807, 2.05) is 0 Å². The number of nitrogens with two attached hydrogens (primary N) is 1. The molecule has 0 saturated heterocycles. The van der Waals surface area contributed by atoms with Gasteiger partial charge in [-0.1, -0.05) is 19.8 Å². The molecule has 0 radical (unpaired) electrons. The standard InChI is InChI=1S/C10H15N3O3/c1-2-3-4-5-16-7-6-12-8(9(11)14)10(15)13-7/h6H,2-5H2,1H3,(H2,11,14)(H,13,15). The molecule has 0 atom stereocenters. The van der Waals surface area contributed by atoms with Crippen LogP contribution in [-0.2, 0) is 0 Å². The van der Waals surface area contributed by atoms with Crippen LogP contribution in [0.15, 0.2) is 11.0 Å². The normalized spacial score (nSPS) is 10.1. The number of H-pyrrole nitrogens is 1. The molecule has 0 aromatic carbocycles. The van der Waals surface area contributed by atoms with Crippen LogP contribution in [-0.4, -0.2) is 22.5 Å². The molecule has 1 heterocycles. The molecule has 1 aromatic heterocycles. The fourth-order valence-electron chi connectivity index (χ4n) is 1.17. The number of nitrogens with zero attached hydrogens (tertiary/aromatic N) is 1. The summed E-state index contributed by atoms with van der Waals surface area (Å²) in [6.45, 7) is 2.60. The summed E-state index contributed by atoms with van der Waals surface area (Å²) < 4.78 is 5.25. The van der Waals surface area contributed by atoms with Crippen molar-refractivity contribution in [3.63, 3.8) is 0 Å². The van der Waals surface area contributed by atoms with Crippen LogP contribution in [0.4, 0.5) is 0 Å². The number of aromatic amines is 1. The number of primary amides is 1. The number of aromatic nitrogens is 2. The molecule has 0 fully saturated rings. The third kappa shape index (κ3) is 3.38. The van der Waals surface area contributed by atoms with Gasteiger partial charge in [0.15, 0.2) is 5.69 Å². The van der Waals surface area contributed by atoms with E-state index in [9.17, 15) is 9.59 Å². The highest BCUT2D eigenvalue weighted by molar-refractivity contribution is 5.90. The average molecular weight is 225 g/mol. The van der Waals surface area contributed by atoms with E-state index in [1.165, 1.54) is 6.20 Å². The van der Waals surface area contributed by atoms with Gasteiger partial charge in [-0.25, -0.2) is 4.98 Å². The van der Waals surface area contributed by atoms with Crippen molar-refractivity contribution in [2.75, 3.05) is 6.61 Å². The monoisotopic (exact) mass is 225 g/mol. The molecule has 0 aliphatic rings. The number of unbranched alkanes of at least 4 members (excludes halogenated alkanes) is 2. The third-order valence-corrected chi connectivity index (χ3v) is 2.00. The van der Waals surface area contributed by atoms with E-state index < -0.39 is 11.5 Å². The Kier molecular flexibility index (Phi) is 4.50. The van der Waals surface area contributed by atoms with Gasteiger partial charge in [-0.2, -0.15) is 0 Å². The minimum atomic E-state index is -0.848. The van der Waals surface area contributed by atoms with Gasteiger partial charge in [-0.3, -0.25) is 14.6 Å². The first-order chi connectivity index (χ1) is 7.65. The summed E-state index contributed by atoms with van der Waals surface area (Å²) in [5.41, 5.74) is 4.01. The van der Waals surface area contributed by atoms with Crippen LogP contribution in [0.25, 0.3) is 0 Å². The van der Waals surface area contributed by atoms with Gasteiger partial charge in [-0.15, -0.1) is 0 Å². The maximum Gasteiger partial charge on any atom is 0.282 e. The Hall–Kier alpha value is -1.85. The Bertz CT molecular complexity index is 414. The van der Waals surface area contributed by atoms with Gasteiger partial charge in [0.2, 0.25) is 5.88 Å². The minimum absolute atomic E-state index is 0.256. The van der Waals surface area contributed by atoms with Gasteiger partial charge >= 0.3 is 0 Å². The van der Waals surface area contributed by atoms with Gasteiger partial charge in [0, 0.05) is 0 Å². The zero-order chi connectivity index (χ0) is 12.0. The lowest BCUT2D eigenvalue weighted by molar-refractivity contribution is 0.0993. The maximum atomic E-state index is 11.3. The van der Waals surface area contributed by atoms with E-state index in [0.29, 0.717) is 6.61 Å². The molecular weight excluding hydrogens is 210 g/mol. The van der Waals surface area contributed by atoms with E-state index in [2.05, 4.69) is 16.9 Å². The number of nitrogens with one attached hydrogen (secondary N) is 1. The lowest BCUT2D eigenvalue weighted by Gasteiger charge is -2.04. The van der Waals surface area contributed by atoms with Crippen molar-refractivity contribution in [2.24, 2.45) is 5.73 Å². The van der Waals surface area contributed by atoms with Crippen LogP contribution < -0.4 is 16.0 Å². The second-order valence-corrected chi connectivity index (χ2v) is 3.34. The van der Waals surface area contributed by atoms with Crippen molar-refractivity contribution in [1.29, 1.82) is 0 Å². The number of carbonyl (C=O) groups is 1. The topological polar surface area (TPSA) is 98.1 Å². The first kappa shape index (κ1) is 12.2. The molecule has 3 N–H and O–H groups in total. The Morgan fingerprint density at radius 2 is 2.31 bits per heavy atom. The van der Waals surface area contributed by atoms with Gasteiger partial charge in [0.1, 0.15) is 0 Å². The predicted octanol–water partition coefficient (Wildman–Crippen LogP) is 0.438. The number of hydrogen-bond acceptors (Lipinski definition) is 4. The molecule has 0 spiro atoms. The largest absolute Gasteiger partial charge is 0.478 e. The molecule has 6 nitrogen and oxygen atoms in total. The van der Waals surface area contributed by atoms with E-state index in [4.69, 9.17) is 10.5 Å². The molecule has 6 heteroatoms. The lowest BCUT2D eigenvalue weighted by atomic mass is 10.3. The highest BCUT2D eigenvalue weighted by atomic mass is 16.5. The molecule has 0 aliphatic carbocycles. The van der Waals surface area contributed by atoms with Gasteiger partial charge in [0.25, 0.3) is 11.5 Å². The second-order valence-electron chi connectivity index (χ2n) is 3.34. The molecule has 16 heavy (non-hydrogen) atoms. The molecule has 0 unspecified atom stereocenters. The Morgan fingerprint density at radius 1 is 1.56 bits per heavy atom. The fourth-order valence-corrected chi connectivity index (χ4v) is 1.17. The van der Waals surface area contributed by atoms with Crippen molar-refractivity contribution in [2.45, 2.75) is 26.2 Å². The number of ether oxygens (including phenoxy) is 1. The van der Waals surface area contributed by atoms with Gasteiger partial charge in [0.05, 0.1) is 12.8 Å². The second kappa shape index (κ2) is 5.89. The van der Waals surface area contributed by atoms with Crippen molar-refractivity contribution in [1.82, 2.24) is 9.97 Å². The molecule has 1 aromatic rings. The molecule has 1 rings (SSSR count). The van der Waals surface area contributed by atoms with Gasteiger partial charge < -0.3 is 10.5 Å².